The summed E-state index contributed by atoms with van der Waals surface area (Å²) >= 11 is 0. The lowest BCUT2D eigenvalue weighted by atomic mass is 9.71. The molecule has 4 heteroatoms. The van der Waals surface area contributed by atoms with Gasteiger partial charge in [-0.05, 0) is 80.3 Å². The minimum Gasteiger partial charge on any atom is -0.490 e. The zero-order valence-electron chi connectivity index (χ0n) is 17.9. The van der Waals surface area contributed by atoms with Crippen molar-refractivity contribution in [3.63, 3.8) is 0 Å². The van der Waals surface area contributed by atoms with Gasteiger partial charge >= 0.3 is 5.97 Å². The van der Waals surface area contributed by atoms with E-state index in [9.17, 15) is 4.79 Å². The van der Waals surface area contributed by atoms with E-state index in [1.54, 1.807) is 0 Å². The molecule has 2 aliphatic rings. The van der Waals surface area contributed by atoms with Gasteiger partial charge in [-0.3, -0.25) is 9.69 Å². The van der Waals surface area contributed by atoms with E-state index in [0.717, 1.165) is 25.1 Å². The molecule has 0 bridgehead atoms. The first-order valence-electron chi connectivity index (χ1n) is 11.3. The van der Waals surface area contributed by atoms with Crippen LogP contribution in [0.5, 0.6) is 5.75 Å². The number of nitrogens with zero attached hydrogens (tertiary/aromatic N) is 1. The number of fused-ring (bicyclic) bond motifs is 1. The van der Waals surface area contributed by atoms with E-state index in [4.69, 9.17) is 9.84 Å². The molecule has 0 spiro atoms. The Morgan fingerprint density at radius 1 is 1.07 bits per heavy atom. The third-order valence-electron chi connectivity index (χ3n) is 6.67. The maximum Gasteiger partial charge on any atom is 0.317 e. The van der Waals surface area contributed by atoms with Gasteiger partial charge in [-0.2, -0.15) is 0 Å². The summed E-state index contributed by atoms with van der Waals surface area (Å²) in [4.78, 5) is 13.1. The van der Waals surface area contributed by atoms with Gasteiger partial charge in [0.05, 0.1) is 12.6 Å². The van der Waals surface area contributed by atoms with E-state index in [-0.39, 0.29) is 12.5 Å². The Morgan fingerprint density at radius 2 is 1.83 bits per heavy atom. The first-order chi connectivity index (χ1) is 14.6. The van der Waals surface area contributed by atoms with Crippen LogP contribution in [0.25, 0.3) is 0 Å². The summed E-state index contributed by atoms with van der Waals surface area (Å²) in [6.07, 6.45) is 8.66. The van der Waals surface area contributed by atoms with Gasteiger partial charge in [0.1, 0.15) is 5.75 Å². The topological polar surface area (TPSA) is 49.8 Å². The van der Waals surface area contributed by atoms with Crippen molar-refractivity contribution in [2.45, 2.75) is 57.0 Å². The second-order valence-corrected chi connectivity index (χ2v) is 9.02. The summed E-state index contributed by atoms with van der Waals surface area (Å²) in [7, 11) is 1.91. The van der Waals surface area contributed by atoms with Gasteiger partial charge in [0.2, 0.25) is 0 Å². The lowest BCUT2D eigenvalue weighted by molar-refractivity contribution is -0.138. The van der Waals surface area contributed by atoms with E-state index in [1.807, 2.05) is 11.9 Å². The van der Waals surface area contributed by atoms with Crippen molar-refractivity contribution < 1.29 is 14.6 Å². The van der Waals surface area contributed by atoms with E-state index in [1.165, 1.54) is 48.8 Å². The molecule has 4 rings (SSSR count). The van der Waals surface area contributed by atoms with Crippen molar-refractivity contribution in [2.24, 2.45) is 5.92 Å². The fourth-order valence-corrected chi connectivity index (χ4v) is 5.32. The molecule has 2 atom stereocenters. The number of aliphatic carboxylic acids is 1. The zero-order chi connectivity index (χ0) is 20.9. The summed E-state index contributed by atoms with van der Waals surface area (Å²) in [5.41, 5.74) is 4.07. The van der Waals surface area contributed by atoms with Crippen LogP contribution in [0.4, 0.5) is 0 Å². The van der Waals surface area contributed by atoms with Crippen molar-refractivity contribution >= 4 is 5.97 Å². The van der Waals surface area contributed by atoms with E-state index in [0.29, 0.717) is 12.0 Å². The summed E-state index contributed by atoms with van der Waals surface area (Å²) in [6, 6.07) is 17.3. The van der Waals surface area contributed by atoms with Crippen LogP contribution in [0.1, 0.15) is 61.1 Å². The predicted octanol–water partition coefficient (Wildman–Crippen LogP) is 5.11. The molecular formula is C26H33NO3. The van der Waals surface area contributed by atoms with Crippen LogP contribution in [0, 0.1) is 5.92 Å². The van der Waals surface area contributed by atoms with Gasteiger partial charge in [-0.15, -0.1) is 0 Å². The first kappa shape index (κ1) is 20.9. The predicted molar refractivity (Wildman–Crippen MR) is 119 cm³/mol. The number of hydrogen-bond acceptors (Lipinski definition) is 3. The Hall–Kier alpha value is -2.33. The van der Waals surface area contributed by atoms with Crippen molar-refractivity contribution in [3.8, 4) is 5.75 Å². The van der Waals surface area contributed by atoms with Gasteiger partial charge in [-0.25, -0.2) is 0 Å². The van der Waals surface area contributed by atoms with Crippen LogP contribution in [0.3, 0.4) is 0 Å². The zero-order valence-corrected chi connectivity index (χ0v) is 17.9. The Kier molecular flexibility index (Phi) is 6.73. The van der Waals surface area contributed by atoms with Gasteiger partial charge in [0.25, 0.3) is 0 Å². The normalized spacial score (nSPS) is 21.9. The van der Waals surface area contributed by atoms with Crippen LogP contribution >= 0.6 is 0 Å². The quantitative estimate of drug-likeness (QED) is 0.693. The summed E-state index contributed by atoms with van der Waals surface area (Å²) in [5.74, 6) is 0.924. The molecule has 0 saturated heterocycles. The minimum atomic E-state index is -0.769. The number of carbonyl (C=O) groups is 1. The molecule has 1 saturated carbocycles. The second-order valence-electron chi connectivity index (χ2n) is 9.02. The molecule has 1 N–H and O–H groups in total. The highest BCUT2D eigenvalue weighted by molar-refractivity contribution is 5.69. The fraction of sp³-hybridized carbons (Fsp3) is 0.500. The van der Waals surface area contributed by atoms with Crippen LogP contribution in [0.2, 0.25) is 0 Å². The Balaban J connectivity index is 1.58. The van der Waals surface area contributed by atoms with Gasteiger partial charge in [0.15, 0.2) is 0 Å². The molecule has 0 aliphatic heterocycles. The lowest BCUT2D eigenvalue weighted by Gasteiger charge is -2.36. The molecule has 0 radical (unpaired) electrons. The molecule has 4 nitrogen and oxygen atoms in total. The maximum absolute atomic E-state index is 11.1. The number of aryl methyl sites for hydroxylation is 1. The molecule has 160 valence electrons. The fourth-order valence-electron chi connectivity index (χ4n) is 5.32. The monoisotopic (exact) mass is 407 g/mol. The molecule has 0 aromatic heterocycles. The second kappa shape index (κ2) is 9.65. The number of rotatable bonds is 7. The number of ether oxygens (including phenoxy) is 1. The summed E-state index contributed by atoms with van der Waals surface area (Å²) in [5, 5.41) is 9.16. The number of carboxylic acids is 1. The molecule has 2 aromatic rings. The lowest BCUT2D eigenvalue weighted by Crippen LogP contribution is -2.35. The average Bonchev–Trinajstić information content (AvgIpc) is 2.74. The molecule has 2 aliphatic carbocycles. The van der Waals surface area contributed by atoms with Crippen LogP contribution in [-0.2, 0) is 11.2 Å². The molecule has 2 unspecified atom stereocenters. The number of likely N-dealkylation sites (N-methyl/N-ethyl adjacent to an activating group) is 1. The molecule has 2 aromatic carbocycles. The smallest absolute Gasteiger partial charge is 0.317 e. The molecule has 0 amide bonds. The summed E-state index contributed by atoms with van der Waals surface area (Å²) in [6.45, 7) is 0.866. The third-order valence-corrected chi connectivity index (χ3v) is 6.67. The molecule has 0 heterocycles. The van der Waals surface area contributed by atoms with Gasteiger partial charge in [-0.1, -0.05) is 42.8 Å². The van der Waals surface area contributed by atoms with Crippen LogP contribution in [0.15, 0.2) is 48.5 Å². The molecular weight excluding hydrogens is 374 g/mol. The largest absolute Gasteiger partial charge is 0.490 e. The van der Waals surface area contributed by atoms with Crippen molar-refractivity contribution in [1.82, 2.24) is 4.90 Å². The Labute approximate surface area is 179 Å². The van der Waals surface area contributed by atoms with Crippen molar-refractivity contribution in [2.75, 3.05) is 20.1 Å². The van der Waals surface area contributed by atoms with Crippen LogP contribution < -0.4 is 4.74 Å². The van der Waals surface area contributed by atoms with E-state index >= 15 is 0 Å². The third kappa shape index (κ3) is 5.04. The summed E-state index contributed by atoms with van der Waals surface area (Å²) < 4.78 is 6.32. The van der Waals surface area contributed by atoms with Crippen molar-refractivity contribution in [3.05, 3.63) is 65.2 Å². The van der Waals surface area contributed by atoms with E-state index in [2.05, 4.69) is 48.5 Å². The van der Waals surface area contributed by atoms with Gasteiger partial charge < -0.3 is 9.84 Å². The van der Waals surface area contributed by atoms with Crippen LogP contribution in [-0.4, -0.2) is 42.2 Å². The average molecular weight is 408 g/mol. The highest BCUT2D eigenvalue weighted by Crippen LogP contribution is 2.42. The number of benzene rings is 2. The van der Waals surface area contributed by atoms with E-state index < -0.39 is 5.97 Å². The van der Waals surface area contributed by atoms with Crippen molar-refractivity contribution in [1.29, 1.82) is 0 Å². The Morgan fingerprint density at radius 3 is 2.57 bits per heavy atom. The molecule has 30 heavy (non-hydrogen) atoms. The van der Waals surface area contributed by atoms with Gasteiger partial charge in [0, 0.05) is 12.5 Å². The highest BCUT2D eigenvalue weighted by Gasteiger charge is 2.32. The Bertz CT molecular complexity index is 845. The minimum absolute atomic E-state index is 0.0824. The SMILES string of the molecule is CN(CC(=O)O)CC1CCc2cc(OC3CCCCC3)ccc2C1c1ccccc1. The number of hydrogen-bond donors (Lipinski definition) is 1. The maximum atomic E-state index is 11.1. The first-order valence-corrected chi connectivity index (χ1v) is 11.3. The highest BCUT2D eigenvalue weighted by atomic mass is 16.5. The standard InChI is InChI=1S/C26H33NO3/c1-27(18-25(28)29)17-21-13-12-20-16-23(30-22-10-6-3-7-11-22)14-15-24(20)26(21)19-8-4-2-5-9-19/h2,4-5,8-9,14-16,21-22,26H,3,6-7,10-13,17-18H2,1H3,(H,28,29). The molecule has 1 fully saturated rings. The number of carboxylic acid groups (broad SMARTS) is 1.